The number of aliphatic hydroxyl groups is 2. The van der Waals surface area contributed by atoms with Gasteiger partial charge in [0.15, 0.2) is 28.9 Å². The van der Waals surface area contributed by atoms with Crippen molar-refractivity contribution in [3.05, 3.63) is 63.5 Å². The van der Waals surface area contributed by atoms with Crippen molar-refractivity contribution in [2.45, 2.75) is 0 Å². The molecule has 3 heterocycles. The lowest BCUT2D eigenvalue weighted by atomic mass is 9.81. The molecule has 1 fully saturated rings. The van der Waals surface area contributed by atoms with Gasteiger partial charge < -0.3 is 20.8 Å². The number of primary amides is 1. The fraction of sp³-hybridized carbons (Fsp3) is 0.250. The summed E-state index contributed by atoms with van der Waals surface area (Å²) in [5, 5.41) is 18.4. The van der Waals surface area contributed by atoms with Gasteiger partial charge in [-0.25, -0.2) is 22.5 Å². The van der Waals surface area contributed by atoms with E-state index in [-0.39, 0.29) is 32.1 Å². The van der Waals surface area contributed by atoms with E-state index in [4.69, 9.17) is 5.73 Å². The highest BCUT2D eigenvalue weighted by molar-refractivity contribution is 5.96. The Balaban J connectivity index is 2.00. The molecule has 168 valence electrons. The van der Waals surface area contributed by atoms with E-state index in [0.717, 1.165) is 12.3 Å². The molecule has 0 aliphatic carbocycles. The summed E-state index contributed by atoms with van der Waals surface area (Å²) < 4.78 is 57.9. The van der Waals surface area contributed by atoms with E-state index in [1.807, 2.05) is 0 Å². The van der Waals surface area contributed by atoms with Crippen molar-refractivity contribution in [1.29, 1.82) is 0 Å². The Morgan fingerprint density at radius 2 is 1.66 bits per heavy atom. The summed E-state index contributed by atoms with van der Waals surface area (Å²) in [6.07, 6.45) is 0.753. The van der Waals surface area contributed by atoms with E-state index < -0.39 is 62.3 Å². The number of hydrogen-bond donors (Lipinski definition) is 3. The standard InChI is InChI=1S/C20H16F4N4O4/c21-9-1-12(22)15(13(23)2-9)28-4-11(17(25)32)16(31)10-3-14(24)19(26-18(10)28)27-5-20(6-27,7-29)8-30/h1-4,29-30H,5-8H2,(H2,25,32). The molecule has 1 amide bonds. The first kappa shape index (κ1) is 21.7. The summed E-state index contributed by atoms with van der Waals surface area (Å²) in [5.41, 5.74) is 1.36. The Kier molecular flexibility index (Phi) is 5.13. The third-order valence-electron chi connectivity index (χ3n) is 5.42. The summed E-state index contributed by atoms with van der Waals surface area (Å²) in [7, 11) is 0. The van der Waals surface area contributed by atoms with E-state index in [1.54, 1.807) is 0 Å². The number of halogens is 4. The third kappa shape index (κ3) is 3.28. The SMILES string of the molecule is NC(=O)c1cn(-c2c(F)cc(F)cc2F)c2nc(N3CC(CO)(CO)C3)c(F)cc2c1=O. The van der Waals surface area contributed by atoms with Gasteiger partial charge in [0.05, 0.1) is 24.0 Å². The molecule has 0 unspecified atom stereocenters. The number of fused-ring (bicyclic) bond motifs is 1. The first-order valence-electron chi connectivity index (χ1n) is 9.28. The van der Waals surface area contributed by atoms with Crippen LogP contribution in [0.3, 0.4) is 0 Å². The number of carbonyl (C=O) groups is 1. The van der Waals surface area contributed by atoms with Gasteiger partial charge in [0.25, 0.3) is 5.91 Å². The molecular formula is C20H16F4N4O4. The highest BCUT2D eigenvalue weighted by Gasteiger charge is 2.43. The molecule has 8 nitrogen and oxygen atoms in total. The minimum absolute atomic E-state index is 0.0261. The number of nitrogens with zero attached hydrogens (tertiary/aromatic N) is 3. The van der Waals surface area contributed by atoms with Crippen LogP contribution in [0, 0.1) is 28.7 Å². The summed E-state index contributed by atoms with van der Waals surface area (Å²) in [5.74, 6) is -6.44. The highest BCUT2D eigenvalue weighted by atomic mass is 19.1. The second-order valence-electron chi connectivity index (χ2n) is 7.66. The highest BCUT2D eigenvalue weighted by Crippen LogP contribution is 2.35. The minimum atomic E-state index is -1.36. The van der Waals surface area contributed by atoms with Gasteiger partial charge in [0, 0.05) is 31.4 Å². The van der Waals surface area contributed by atoms with Gasteiger partial charge in [-0.15, -0.1) is 0 Å². The molecule has 1 saturated heterocycles. The van der Waals surface area contributed by atoms with E-state index in [9.17, 15) is 37.4 Å². The smallest absolute Gasteiger partial charge is 0.254 e. The summed E-state index contributed by atoms with van der Waals surface area (Å²) in [4.78, 5) is 29.8. The Bertz CT molecular complexity index is 1290. The largest absolute Gasteiger partial charge is 0.396 e. The van der Waals surface area contributed by atoms with E-state index >= 15 is 0 Å². The topological polar surface area (TPSA) is 122 Å². The quantitative estimate of drug-likeness (QED) is 0.493. The van der Waals surface area contributed by atoms with Crippen molar-refractivity contribution < 1.29 is 32.6 Å². The molecule has 0 bridgehead atoms. The molecule has 4 N–H and O–H groups in total. The number of amides is 1. The average molecular weight is 452 g/mol. The first-order chi connectivity index (χ1) is 15.1. The van der Waals surface area contributed by atoms with Gasteiger partial charge in [0.1, 0.15) is 17.1 Å². The van der Waals surface area contributed by atoms with Gasteiger partial charge in [-0.05, 0) is 6.07 Å². The lowest BCUT2D eigenvalue weighted by molar-refractivity contribution is 0.0298. The lowest BCUT2D eigenvalue weighted by Gasteiger charge is -2.48. The van der Waals surface area contributed by atoms with Crippen LogP contribution in [0.5, 0.6) is 0 Å². The number of hydrogen-bond acceptors (Lipinski definition) is 6. The van der Waals surface area contributed by atoms with Gasteiger partial charge in [-0.1, -0.05) is 0 Å². The maximum atomic E-state index is 14.8. The zero-order valence-electron chi connectivity index (χ0n) is 16.3. The summed E-state index contributed by atoms with van der Waals surface area (Å²) in [6.45, 7) is -0.682. The molecule has 0 atom stereocenters. The molecule has 4 rings (SSSR count). The third-order valence-corrected chi connectivity index (χ3v) is 5.42. The molecule has 0 spiro atoms. The maximum Gasteiger partial charge on any atom is 0.254 e. The van der Waals surface area contributed by atoms with Crippen molar-refractivity contribution in [3.8, 4) is 5.69 Å². The number of aromatic nitrogens is 2. The fourth-order valence-corrected chi connectivity index (χ4v) is 3.71. The maximum absolute atomic E-state index is 14.8. The molecule has 3 aromatic rings. The van der Waals surface area contributed by atoms with Crippen LogP contribution in [0.2, 0.25) is 0 Å². The summed E-state index contributed by atoms with van der Waals surface area (Å²) in [6, 6.07) is 1.53. The van der Waals surface area contributed by atoms with Crippen LogP contribution < -0.4 is 16.1 Å². The second-order valence-corrected chi connectivity index (χ2v) is 7.66. The zero-order valence-corrected chi connectivity index (χ0v) is 16.3. The van der Waals surface area contributed by atoms with Crippen molar-refractivity contribution in [2.75, 3.05) is 31.2 Å². The zero-order chi connectivity index (χ0) is 23.4. The number of rotatable bonds is 5. The lowest BCUT2D eigenvalue weighted by Crippen LogP contribution is -2.61. The molecule has 1 aliphatic heterocycles. The van der Waals surface area contributed by atoms with E-state index in [0.29, 0.717) is 16.7 Å². The van der Waals surface area contributed by atoms with Crippen LogP contribution in [-0.2, 0) is 0 Å². The van der Waals surface area contributed by atoms with Crippen LogP contribution >= 0.6 is 0 Å². The Labute approximate surface area is 177 Å². The monoisotopic (exact) mass is 452 g/mol. The number of carbonyl (C=O) groups excluding carboxylic acids is 1. The van der Waals surface area contributed by atoms with Gasteiger partial charge in [-0.3, -0.25) is 14.2 Å². The van der Waals surface area contributed by atoms with Crippen LogP contribution in [0.4, 0.5) is 23.4 Å². The van der Waals surface area contributed by atoms with E-state index in [1.165, 1.54) is 4.90 Å². The number of nitrogens with two attached hydrogens (primary N) is 1. The van der Waals surface area contributed by atoms with Gasteiger partial charge in [0.2, 0.25) is 5.43 Å². The van der Waals surface area contributed by atoms with Crippen LogP contribution in [0.15, 0.2) is 29.2 Å². The predicted octanol–water partition coefficient (Wildman–Crippen LogP) is 0.832. The van der Waals surface area contributed by atoms with Gasteiger partial charge in [-0.2, -0.15) is 0 Å². The predicted molar refractivity (Wildman–Crippen MR) is 105 cm³/mol. The average Bonchev–Trinajstić information content (AvgIpc) is 2.69. The minimum Gasteiger partial charge on any atom is -0.396 e. The Morgan fingerprint density at radius 1 is 1.06 bits per heavy atom. The van der Waals surface area contributed by atoms with Crippen LogP contribution in [0.1, 0.15) is 10.4 Å². The number of aliphatic hydroxyl groups excluding tert-OH is 2. The molecule has 0 saturated carbocycles. The molecule has 0 radical (unpaired) electrons. The van der Waals surface area contributed by atoms with Crippen molar-refractivity contribution in [3.63, 3.8) is 0 Å². The Morgan fingerprint density at radius 3 is 2.19 bits per heavy atom. The molecule has 1 aromatic carbocycles. The fourth-order valence-electron chi connectivity index (χ4n) is 3.71. The number of benzene rings is 1. The molecule has 2 aromatic heterocycles. The van der Waals surface area contributed by atoms with Crippen molar-refractivity contribution in [2.24, 2.45) is 11.1 Å². The second kappa shape index (κ2) is 7.57. The Hall–Kier alpha value is -3.51. The molecule has 1 aliphatic rings. The van der Waals surface area contributed by atoms with Crippen molar-refractivity contribution >= 4 is 22.8 Å². The number of pyridine rings is 2. The normalized spacial score (nSPS) is 15.1. The van der Waals surface area contributed by atoms with Gasteiger partial charge >= 0.3 is 0 Å². The van der Waals surface area contributed by atoms with Crippen molar-refractivity contribution in [1.82, 2.24) is 9.55 Å². The number of anilines is 1. The molecular weight excluding hydrogens is 436 g/mol. The summed E-state index contributed by atoms with van der Waals surface area (Å²) >= 11 is 0. The first-order valence-corrected chi connectivity index (χ1v) is 9.28. The van der Waals surface area contributed by atoms with E-state index in [2.05, 4.69) is 4.98 Å². The molecule has 32 heavy (non-hydrogen) atoms. The van der Waals surface area contributed by atoms with Crippen LogP contribution in [-0.4, -0.2) is 52.0 Å². The molecule has 12 heteroatoms. The van der Waals surface area contributed by atoms with Crippen LogP contribution in [0.25, 0.3) is 16.7 Å².